The number of benzene rings is 1. The Bertz CT molecular complexity index is 549. The Hall–Kier alpha value is -1.72. The van der Waals surface area contributed by atoms with Crippen LogP contribution >= 0.6 is 0 Å². The Balaban J connectivity index is 1.90. The number of halogens is 2. The molecule has 3 nitrogen and oxygen atoms in total. The molecule has 1 unspecified atom stereocenters. The van der Waals surface area contributed by atoms with E-state index in [1.807, 2.05) is 6.92 Å². The van der Waals surface area contributed by atoms with Gasteiger partial charge in [-0.2, -0.15) is 0 Å². The van der Waals surface area contributed by atoms with Gasteiger partial charge < -0.3 is 14.8 Å². The van der Waals surface area contributed by atoms with Crippen LogP contribution in [0.3, 0.4) is 0 Å². The van der Waals surface area contributed by atoms with Crippen molar-refractivity contribution in [1.29, 1.82) is 0 Å². The number of furan rings is 1. The summed E-state index contributed by atoms with van der Waals surface area (Å²) in [6, 6.07) is 7.21. The Morgan fingerprint density at radius 3 is 2.40 bits per heavy atom. The quantitative estimate of drug-likeness (QED) is 0.856. The summed E-state index contributed by atoms with van der Waals surface area (Å²) in [5.41, 5.74) is 0.0861. The molecule has 0 aliphatic carbocycles. The second-order valence-corrected chi connectivity index (χ2v) is 4.71. The first-order valence-electron chi connectivity index (χ1n) is 6.45. The van der Waals surface area contributed by atoms with Crippen LogP contribution in [0.2, 0.25) is 0 Å². The molecule has 0 amide bonds. The van der Waals surface area contributed by atoms with Crippen molar-refractivity contribution >= 4 is 0 Å². The van der Waals surface area contributed by atoms with Gasteiger partial charge >= 0.3 is 0 Å². The van der Waals surface area contributed by atoms with Gasteiger partial charge in [-0.25, -0.2) is 8.78 Å². The summed E-state index contributed by atoms with van der Waals surface area (Å²) in [7, 11) is 0. The average molecular weight is 281 g/mol. The summed E-state index contributed by atoms with van der Waals surface area (Å²) in [6.07, 6.45) is 0.256. The summed E-state index contributed by atoms with van der Waals surface area (Å²) >= 11 is 0. The van der Waals surface area contributed by atoms with E-state index < -0.39 is 11.6 Å². The van der Waals surface area contributed by atoms with Gasteiger partial charge in [-0.1, -0.05) is 6.07 Å². The van der Waals surface area contributed by atoms with Gasteiger partial charge in [-0.3, -0.25) is 0 Å². The van der Waals surface area contributed by atoms with E-state index in [0.717, 1.165) is 0 Å². The van der Waals surface area contributed by atoms with Gasteiger partial charge in [0, 0.05) is 11.6 Å². The van der Waals surface area contributed by atoms with Gasteiger partial charge in [-0.05, 0) is 37.6 Å². The first-order chi connectivity index (χ1) is 9.60. The smallest absolute Gasteiger partial charge is 0.129 e. The third kappa shape index (κ3) is 3.65. The molecule has 5 heteroatoms. The molecule has 0 aliphatic rings. The Labute approximate surface area is 116 Å². The standard InChI is InChI=1S/C15H17F2NO2/c1-10(7-13-14(16)3-2-4-15(13)17)18-8-11-5-6-12(9-19)20-11/h2-6,10,18-19H,7-9H2,1H3. The van der Waals surface area contributed by atoms with Crippen molar-refractivity contribution < 1.29 is 18.3 Å². The molecule has 0 bridgehead atoms. The van der Waals surface area contributed by atoms with Gasteiger partial charge in [0.2, 0.25) is 0 Å². The van der Waals surface area contributed by atoms with Crippen LogP contribution in [0.25, 0.3) is 0 Å². The number of nitrogens with one attached hydrogen (secondary N) is 1. The van der Waals surface area contributed by atoms with Gasteiger partial charge in [0.1, 0.15) is 29.8 Å². The Kier molecular flexibility index (Phi) is 4.87. The highest BCUT2D eigenvalue weighted by molar-refractivity contribution is 5.20. The summed E-state index contributed by atoms with van der Waals surface area (Å²) in [5, 5.41) is 12.0. The van der Waals surface area contributed by atoms with E-state index in [-0.39, 0.29) is 24.6 Å². The van der Waals surface area contributed by atoms with E-state index in [4.69, 9.17) is 9.52 Å². The van der Waals surface area contributed by atoms with E-state index >= 15 is 0 Å². The molecule has 2 N–H and O–H groups in total. The molecular weight excluding hydrogens is 264 g/mol. The molecule has 0 radical (unpaired) electrons. The lowest BCUT2D eigenvalue weighted by atomic mass is 10.1. The monoisotopic (exact) mass is 281 g/mol. The predicted octanol–water partition coefficient (Wildman–Crippen LogP) is 2.77. The molecule has 1 heterocycles. The second kappa shape index (κ2) is 6.63. The molecule has 0 fully saturated rings. The topological polar surface area (TPSA) is 45.4 Å². The lowest BCUT2D eigenvalue weighted by Crippen LogP contribution is -2.28. The van der Waals surface area contributed by atoms with Crippen LogP contribution in [0.4, 0.5) is 8.78 Å². The third-order valence-electron chi connectivity index (χ3n) is 3.07. The van der Waals surface area contributed by atoms with Crippen LogP contribution in [-0.2, 0) is 19.6 Å². The fourth-order valence-corrected chi connectivity index (χ4v) is 1.98. The van der Waals surface area contributed by atoms with Crippen LogP contribution < -0.4 is 5.32 Å². The molecule has 2 rings (SSSR count). The lowest BCUT2D eigenvalue weighted by molar-refractivity contribution is 0.242. The molecule has 1 atom stereocenters. The van der Waals surface area contributed by atoms with Gasteiger partial charge in [0.15, 0.2) is 0 Å². The first-order valence-corrected chi connectivity index (χ1v) is 6.45. The molecule has 1 aromatic heterocycles. The van der Waals surface area contributed by atoms with Crippen molar-refractivity contribution in [2.24, 2.45) is 0 Å². The summed E-state index contributed by atoms with van der Waals surface area (Å²) < 4.78 is 32.3. The molecule has 108 valence electrons. The van der Waals surface area contributed by atoms with Gasteiger partial charge in [0.05, 0.1) is 6.54 Å². The van der Waals surface area contributed by atoms with Crippen LogP contribution in [0.15, 0.2) is 34.7 Å². The van der Waals surface area contributed by atoms with E-state index in [9.17, 15) is 8.78 Å². The fraction of sp³-hybridized carbons (Fsp3) is 0.333. The second-order valence-electron chi connectivity index (χ2n) is 4.71. The van der Waals surface area contributed by atoms with Crippen molar-refractivity contribution in [1.82, 2.24) is 5.32 Å². The number of aliphatic hydroxyl groups is 1. The van der Waals surface area contributed by atoms with Crippen molar-refractivity contribution in [2.45, 2.75) is 32.5 Å². The van der Waals surface area contributed by atoms with Crippen LogP contribution in [0.5, 0.6) is 0 Å². The van der Waals surface area contributed by atoms with Crippen LogP contribution in [0.1, 0.15) is 24.0 Å². The number of aliphatic hydroxyl groups excluding tert-OH is 1. The van der Waals surface area contributed by atoms with Crippen molar-refractivity contribution in [3.8, 4) is 0 Å². The fourth-order valence-electron chi connectivity index (χ4n) is 1.98. The predicted molar refractivity (Wildman–Crippen MR) is 71.0 cm³/mol. The minimum absolute atomic E-state index is 0.0861. The largest absolute Gasteiger partial charge is 0.462 e. The summed E-state index contributed by atoms with van der Waals surface area (Å²) in [5.74, 6) is 0.114. The number of hydrogen-bond donors (Lipinski definition) is 2. The average Bonchev–Trinajstić information content (AvgIpc) is 2.89. The maximum atomic E-state index is 13.5. The SMILES string of the molecule is CC(Cc1c(F)cccc1F)NCc1ccc(CO)o1. The van der Waals surface area contributed by atoms with Crippen LogP contribution in [-0.4, -0.2) is 11.1 Å². The highest BCUT2D eigenvalue weighted by Gasteiger charge is 2.12. The molecule has 0 saturated carbocycles. The molecule has 0 saturated heterocycles. The maximum Gasteiger partial charge on any atom is 0.129 e. The third-order valence-corrected chi connectivity index (χ3v) is 3.07. The van der Waals surface area contributed by atoms with E-state index in [1.165, 1.54) is 18.2 Å². The van der Waals surface area contributed by atoms with Crippen molar-refractivity contribution in [2.75, 3.05) is 0 Å². The van der Waals surface area contributed by atoms with Crippen LogP contribution in [0, 0.1) is 11.6 Å². The molecular formula is C15H17F2NO2. The zero-order valence-corrected chi connectivity index (χ0v) is 11.2. The van der Waals surface area contributed by atoms with Crippen molar-refractivity contribution in [3.63, 3.8) is 0 Å². The molecule has 2 aromatic rings. The van der Waals surface area contributed by atoms with E-state index in [0.29, 0.717) is 18.1 Å². The maximum absolute atomic E-state index is 13.5. The Morgan fingerprint density at radius 1 is 1.15 bits per heavy atom. The summed E-state index contributed by atoms with van der Waals surface area (Å²) in [6.45, 7) is 2.15. The summed E-state index contributed by atoms with van der Waals surface area (Å²) in [4.78, 5) is 0. The highest BCUT2D eigenvalue weighted by atomic mass is 19.1. The molecule has 1 aromatic carbocycles. The minimum Gasteiger partial charge on any atom is -0.462 e. The Morgan fingerprint density at radius 2 is 1.80 bits per heavy atom. The normalized spacial score (nSPS) is 12.6. The zero-order chi connectivity index (χ0) is 14.5. The first kappa shape index (κ1) is 14.7. The zero-order valence-electron chi connectivity index (χ0n) is 11.2. The number of hydrogen-bond acceptors (Lipinski definition) is 3. The number of rotatable bonds is 6. The lowest BCUT2D eigenvalue weighted by Gasteiger charge is -2.14. The minimum atomic E-state index is -0.529. The molecule has 0 spiro atoms. The van der Waals surface area contributed by atoms with Gasteiger partial charge in [-0.15, -0.1) is 0 Å². The van der Waals surface area contributed by atoms with Gasteiger partial charge in [0.25, 0.3) is 0 Å². The highest BCUT2D eigenvalue weighted by Crippen LogP contribution is 2.14. The van der Waals surface area contributed by atoms with E-state index in [2.05, 4.69) is 5.32 Å². The van der Waals surface area contributed by atoms with Crippen molar-refractivity contribution in [3.05, 3.63) is 59.1 Å². The van der Waals surface area contributed by atoms with E-state index in [1.54, 1.807) is 12.1 Å². The molecule has 0 aliphatic heterocycles. The molecule has 20 heavy (non-hydrogen) atoms.